The van der Waals surface area contributed by atoms with Crippen molar-refractivity contribution in [2.45, 2.75) is 24.3 Å². The fraction of sp³-hybridized carbons (Fsp3) is 0.545. The molecule has 0 saturated heterocycles. The third-order valence-corrected chi connectivity index (χ3v) is 2.97. The molecule has 0 spiro atoms. The summed E-state index contributed by atoms with van der Waals surface area (Å²) in [4.78, 5) is 19.7. The Kier molecular flexibility index (Phi) is 5.70. The van der Waals surface area contributed by atoms with Gasteiger partial charge < -0.3 is 14.2 Å². The van der Waals surface area contributed by atoms with Crippen LogP contribution >= 0.6 is 11.8 Å². The van der Waals surface area contributed by atoms with Gasteiger partial charge >= 0.3 is 5.97 Å². The Bertz CT molecular complexity index is 414. The second-order valence-corrected chi connectivity index (χ2v) is 4.55. The molecule has 0 unspecified atom stereocenters. The molecule has 0 fully saturated rings. The van der Waals surface area contributed by atoms with E-state index >= 15 is 0 Å². The van der Waals surface area contributed by atoms with Gasteiger partial charge in [0.15, 0.2) is 10.9 Å². The van der Waals surface area contributed by atoms with E-state index in [4.69, 9.17) is 14.2 Å². The van der Waals surface area contributed by atoms with Crippen LogP contribution in [0.5, 0.6) is 11.6 Å². The number of esters is 1. The smallest absolute Gasteiger partial charge is 0.319 e. The second kappa shape index (κ2) is 7.05. The predicted octanol–water partition coefficient (Wildman–Crippen LogP) is 1.54. The standard InChI is InChI=1S/C11H16N2O4S/c1-5-17-10(14)7(2)18-11-12-6-8(15-3)9(13-11)16-4/h6-7H,5H2,1-4H3/t7-/m1/s1. The van der Waals surface area contributed by atoms with E-state index in [-0.39, 0.29) is 11.2 Å². The summed E-state index contributed by atoms with van der Waals surface area (Å²) in [5.41, 5.74) is 0. The average Bonchev–Trinajstić information content (AvgIpc) is 2.38. The van der Waals surface area contributed by atoms with Gasteiger partial charge in [-0.25, -0.2) is 4.98 Å². The zero-order valence-electron chi connectivity index (χ0n) is 10.8. The van der Waals surface area contributed by atoms with Crippen LogP contribution in [0.15, 0.2) is 11.4 Å². The van der Waals surface area contributed by atoms with Crippen LogP contribution in [0.4, 0.5) is 0 Å². The van der Waals surface area contributed by atoms with Crippen LogP contribution in [-0.2, 0) is 9.53 Å². The Balaban J connectivity index is 2.76. The number of carbonyl (C=O) groups excluding carboxylic acids is 1. The predicted molar refractivity (Wildman–Crippen MR) is 67.1 cm³/mol. The van der Waals surface area contributed by atoms with Crippen LogP contribution < -0.4 is 9.47 Å². The summed E-state index contributed by atoms with van der Waals surface area (Å²) in [6.07, 6.45) is 1.51. The van der Waals surface area contributed by atoms with E-state index in [0.29, 0.717) is 23.4 Å². The zero-order valence-corrected chi connectivity index (χ0v) is 11.6. The highest BCUT2D eigenvalue weighted by atomic mass is 32.2. The Labute approximate surface area is 110 Å². The molecule has 18 heavy (non-hydrogen) atoms. The number of methoxy groups -OCH3 is 2. The molecule has 1 rings (SSSR count). The second-order valence-electron chi connectivity index (χ2n) is 3.24. The number of nitrogens with zero attached hydrogens (tertiary/aromatic N) is 2. The molecule has 100 valence electrons. The minimum absolute atomic E-state index is 0.291. The van der Waals surface area contributed by atoms with Crippen molar-refractivity contribution < 1.29 is 19.0 Å². The molecule has 1 aromatic heterocycles. The van der Waals surface area contributed by atoms with E-state index in [1.807, 2.05) is 0 Å². The minimum atomic E-state index is -0.372. The first-order valence-corrected chi connectivity index (χ1v) is 6.28. The molecule has 0 aliphatic rings. The van der Waals surface area contributed by atoms with Gasteiger partial charge in [-0.3, -0.25) is 4.79 Å². The topological polar surface area (TPSA) is 70.5 Å². The van der Waals surface area contributed by atoms with Crippen molar-refractivity contribution in [2.24, 2.45) is 0 Å². The number of hydrogen-bond donors (Lipinski definition) is 0. The monoisotopic (exact) mass is 272 g/mol. The van der Waals surface area contributed by atoms with E-state index < -0.39 is 0 Å². The quantitative estimate of drug-likeness (QED) is 0.442. The lowest BCUT2D eigenvalue weighted by atomic mass is 10.5. The lowest BCUT2D eigenvalue weighted by Gasteiger charge is -2.10. The van der Waals surface area contributed by atoms with Gasteiger partial charge in [0.05, 0.1) is 27.0 Å². The third-order valence-electron chi connectivity index (χ3n) is 2.01. The summed E-state index contributed by atoms with van der Waals surface area (Å²) < 4.78 is 15.0. The van der Waals surface area contributed by atoms with Crippen molar-refractivity contribution in [1.29, 1.82) is 0 Å². The molecule has 0 amide bonds. The molecular formula is C11H16N2O4S. The first kappa shape index (κ1) is 14.6. The van der Waals surface area contributed by atoms with Crippen molar-refractivity contribution >= 4 is 17.7 Å². The molecule has 0 aliphatic carbocycles. The van der Waals surface area contributed by atoms with Gasteiger partial charge in [0.2, 0.25) is 0 Å². The van der Waals surface area contributed by atoms with E-state index in [1.165, 1.54) is 32.2 Å². The van der Waals surface area contributed by atoms with Crippen LogP contribution in [-0.4, -0.2) is 42.0 Å². The molecular weight excluding hydrogens is 256 g/mol. The molecule has 6 nitrogen and oxygen atoms in total. The molecule has 0 radical (unpaired) electrons. The SMILES string of the molecule is CCOC(=O)[C@@H](C)Sc1ncc(OC)c(OC)n1. The van der Waals surface area contributed by atoms with Gasteiger partial charge in [-0.2, -0.15) is 4.98 Å². The maximum Gasteiger partial charge on any atom is 0.319 e. The highest BCUT2D eigenvalue weighted by molar-refractivity contribution is 8.00. The molecule has 7 heteroatoms. The maximum atomic E-state index is 11.5. The maximum absolute atomic E-state index is 11.5. The highest BCUT2D eigenvalue weighted by Crippen LogP contribution is 2.27. The first-order valence-electron chi connectivity index (χ1n) is 5.40. The average molecular weight is 272 g/mol. The number of hydrogen-bond acceptors (Lipinski definition) is 7. The van der Waals surface area contributed by atoms with E-state index in [0.717, 1.165) is 0 Å². The van der Waals surface area contributed by atoms with Gasteiger partial charge in [-0.1, -0.05) is 11.8 Å². The number of aromatic nitrogens is 2. The molecule has 1 atom stereocenters. The fourth-order valence-electron chi connectivity index (χ4n) is 1.15. The highest BCUT2D eigenvalue weighted by Gasteiger charge is 2.18. The summed E-state index contributed by atoms with van der Waals surface area (Å²) in [6.45, 7) is 3.86. The third kappa shape index (κ3) is 3.76. The molecule has 1 heterocycles. The van der Waals surface area contributed by atoms with Crippen molar-refractivity contribution in [3.8, 4) is 11.6 Å². The van der Waals surface area contributed by atoms with Crippen LogP contribution in [0.1, 0.15) is 13.8 Å². The Morgan fingerprint density at radius 1 is 1.44 bits per heavy atom. The normalized spacial score (nSPS) is 11.8. The lowest BCUT2D eigenvalue weighted by Crippen LogP contribution is -2.17. The van der Waals surface area contributed by atoms with Crippen LogP contribution in [0.25, 0.3) is 0 Å². The zero-order chi connectivity index (χ0) is 13.5. The summed E-state index contributed by atoms with van der Waals surface area (Å²) >= 11 is 1.21. The molecule has 0 aliphatic heterocycles. The van der Waals surface area contributed by atoms with Crippen molar-refractivity contribution in [3.63, 3.8) is 0 Å². The summed E-state index contributed by atoms with van der Waals surface area (Å²) in [5.74, 6) is 0.498. The van der Waals surface area contributed by atoms with E-state index in [9.17, 15) is 4.79 Å². The molecule has 0 saturated carbocycles. The lowest BCUT2D eigenvalue weighted by molar-refractivity contribution is -0.142. The van der Waals surface area contributed by atoms with Crippen molar-refractivity contribution in [2.75, 3.05) is 20.8 Å². The number of thioether (sulfide) groups is 1. The van der Waals surface area contributed by atoms with Crippen LogP contribution in [0.2, 0.25) is 0 Å². The molecule has 0 bridgehead atoms. The summed E-state index contributed by atoms with van der Waals surface area (Å²) in [5, 5.41) is 0.0660. The largest absolute Gasteiger partial charge is 0.490 e. The number of rotatable bonds is 6. The van der Waals surface area contributed by atoms with E-state index in [1.54, 1.807) is 13.8 Å². The van der Waals surface area contributed by atoms with Crippen molar-refractivity contribution in [1.82, 2.24) is 9.97 Å². The summed E-state index contributed by atoms with van der Waals surface area (Å²) in [6, 6.07) is 0. The fourth-order valence-corrected chi connectivity index (χ4v) is 1.88. The van der Waals surface area contributed by atoms with E-state index in [2.05, 4.69) is 9.97 Å². The Morgan fingerprint density at radius 3 is 2.72 bits per heavy atom. The molecule has 1 aromatic rings. The minimum Gasteiger partial charge on any atom is -0.490 e. The van der Waals surface area contributed by atoms with Crippen molar-refractivity contribution in [3.05, 3.63) is 6.20 Å². The number of ether oxygens (including phenoxy) is 3. The van der Waals surface area contributed by atoms with Gasteiger partial charge in [0.1, 0.15) is 5.25 Å². The molecule has 0 N–H and O–H groups in total. The Morgan fingerprint density at radius 2 is 2.17 bits per heavy atom. The van der Waals surface area contributed by atoms with Gasteiger partial charge in [-0.05, 0) is 13.8 Å². The Hall–Kier alpha value is -1.50. The van der Waals surface area contributed by atoms with Gasteiger partial charge in [0, 0.05) is 0 Å². The number of carbonyl (C=O) groups is 1. The summed E-state index contributed by atoms with van der Waals surface area (Å²) in [7, 11) is 3.00. The first-order chi connectivity index (χ1) is 8.62. The van der Waals surface area contributed by atoms with Gasteiger partial charge in [-0.15, -0.1) is 0 Å². The van der Waals surface area contributed by atoms with Gasteiger partial charge in [0.25, 0.3) is 5.88 Å². The van der Waals surface area contributed by atoms with Crippen LogP contribution in [0, 0.1) is 0 Å². The molecule has 0 aromatic carbocycles. The van der Waals surface area contributed by atoms with Crippen LogP contribution in [0.3, 0.4) is 0 Å².